The van der Waals surface area contributed by atoms with Crippen LogP contribution < -0.4 is 4.74 Å². The van der Waals surface area contributed by atoms with Crippen molar-refractivity contribution >= 4 is 0 Å². The van der Waals surface area contributed by atoms with Gasteiger partial charge >= 0.3 is 0 Å². The predicted octanol–water partition coefficient (Wildman–Crippen LogP) is 3.54. The second kappa shape index (κ2) is 7.71. The summed E-state index contributed by atoms with van der Waals surface area (Å²) < 4.78 is 5.74. The molecular weight excluding hydrogens is 364 g/mol. The van der Waals surface area contributed by atoms with Crippen molar-refractivity contribution in [2.75, 3.05) is 26.7 Å². The molecule has 0 amide bonds. The van der Waals surface area contributed by atoms with E-state index in [0.29, 0.717) is 17.2 Å². The number of aliphatic hydroxyl groups is 2. The van der Waals surface area contributed by atoms with Crippen molar-refractivity contribution in [1.29, 1.82) is 0 Å². The average molecular weight is 399 g/mol. The number of hydrogen-bond donors (Lipinski definition) is 2. The van der Waals surface area contributed by atoms with Crippen LogP contribution in [-0.2, 0) is 5.60 Å². The zero-order chi connectivity index (χ0) is 21.4. The Bertz CT molecular complexity index is 836. The van der Waals surface area contributed by atoms with Crippen LogP contribution >= 0.6 is 0 Å². The summed E-state index contributed by atoms with van der Waals surface area (Å²) in [7, 11) is 2.06. The molecule has 1 aliphatic rings. The van der Waals surface area contributed by atoms with Gasteiger partial charge in [0, 0.05) is 30.3 Å². The molecule has 1 saturated heterocycles. The van der Waals surface area contributed by atoms with E-state index in [0.717, 1.165) is 18.7 Å². The molecule has 0 unspecified atom stereocenters. The van der Waals surface area contributed by atoms with Crippen molar-refractivity contribution in [3.63, 3.8) is 0 Å². The molecule has 0 bridgehead atoms. The quantitative estimate of drug-likeness (QED) is 0.747. The lowest BCUT2D eigenvalue weighted by Crippen LogP contribution is -2.63. The van der Waals surface area contributed by atoms with Gasteiger partial charge in [-0.2, -0.15) is 0 Å². The van der Waals surface area contributed by atoms with Gasteiger partial charge in [-0.1, -0.05) is 45.0 Å². The van der Waals surface area contributed by atoms with Crippen LogP contribution in [0, 0.1) is 5.41 Å². The van der Waals surface area contributed by atoms with Gasteiger partial charge in [-0.05, 0) is 44.0 Å². The van der Waals surface area contributed by atoms with Crippen LogP contribution in [0.3, 0.4) is 0 Å². The van der Waals surface area contributed by atoms with Gasteiger partial charge in [0.2, 0.25) is 0 Å². The molecule has 0 spiro atoms. The highest BCUT2D eigenvalue weighted by molar-refractivity contribution is 5.42. The highest BCUT2D eigenvalue weighted by Crippen LogP contribution is 2.50. The van der Waals surface area contributed by atoms with E-state index < -0.39 is 11.2 Å². The first-order chi connectivity index (χ1) is 13.4. The molecule has 1 fully saturated rings. The zero-order valence-corrected chi connectivity index (χ0v) is 18.4. The fourth-order valence-corrected chi connectivity index (χ4v) is 4.30. The molecule has 0 saturated carbocycles. The molecule has 3 rings (SSSR count). The van der Waals surface area contributed by atoms with Gasteiger partial charge in [0.05, 0.1) is 11.8 Å². The van der Waals surface area contributed by atoms with E-state index in [9.17, 15) is 10.2 Å². The summed E-state index contributed by atoms with van der Waals surface area (Å²) in [6, 6.07) is 10.1. The van der Waals surface area contributed by atoms with E-state index in [2.05, 4.69) is 49.8 Å². The highest BCUT2D eigenvalue weighted by atomic mass is 16.5. The van der Waals surface area contributed by atoms with Crippen molar-refractivity contribution in [1.82, 2.24) is 9.88 Å². The molecule has 29 heavy (non-hydrogen) atoms. The highest BCUT2D eigenvalue weighted by Gasteiger charge is 2.55. The summed E-state index contributed by atoms with van der Waals surface area (Å²) in [5, 5.41) is 22.1. The minimum Gasteiger partial charge on any atom is -0.489 e. The average Bonchev–Trinajstić information content (AvgIpc) is 2.64. The number of hydrogen-bond acceptors (Lipinski definition) is 5. The maximum absolute atomic E-state index is 12.2. The third kappa shape index (κ3) is 4.32. The maximum Gasteiger partial charge on any atom is 0.138 e. The Kier molecular flexibility index (Phi) is 5.78. The largest absolute Gasteiger partial charge is 0.489 e. The zero-order valence-electron chi connectivity index (χ0n) is 18.4. The monoisotopic (exact) mass is 398 g/mol. The molecule has 0 aliphatic carbocycles. The minimum atomic E-state index is -1.20. The molecule has 2 N–H and O–H groups in total. The number of benzene rings is 1. The minimum absolute atomic E-state index is 0.152. The summed E-state index contributed by atoms with van der Waals surface area (Å²) in [6.07, 6.45) is 3.34. The third-order valence-electron chi connectivity index (χ3n) is 5.83. The fourth-order valence-electron chi connectivity index (χ4n) is 4.30. The topological polar surface area (TPSA) is 65.8 Å². The van der Waals surface area contributed by atoms with Crippen LogP contribution in [0.4, 0.5) is 0 Å². The molecule has 158 valence electrons. The SMILES string of the molecule is CC(C)c1ccc([C@](O)(c2cncc(OCC(C)(C)O)c2)C2(C)CN(C)C2)cc1. The number of rotatable bonds is 7. The molecule has 1 aliphatic heterocycles. The van der Waals surface area contributed by atoms with E-state index in [1.807, 2.05) is 18.2 Å². The van der Waals surface area contributed by atoms with Crippen molar-refractivity contribution in [2.24, 2.45) is 5.41 Å². The summed E-state index contributed by atoms with van der Waals surface area (Å²) >= 11 is 0. The summed E-state index contributed by atoms with van der Waals surface area (Å²) in [5.41, 5.74) is 0.319. The normalized spacial score (nSPS) is 18.9. The van der Waals surface area contributed by atoms with Crippen LogP contribution in [0.5, 0.6) is 5.75 Å². The Morgan fingerprint density at radius 1 is 1.10 bits per heavy atom. The van der Waals surface area contributed by atoms with Gasteiger partial charge in [0.25, 0.3) is 0 Å². The van der Waals surface area contributed by atoms with Crippen molar-refractivity contribution in [2.45, 2.75) is 51.7 Å². The number of nitrogens with zero attached hydrogens (tertiary/aromatic N) is 2. The van der Waals surface area contributed by atoms with E-state index >= 15 is 0 Å². The molecule has 5 heteroatoms. The molecule has 2 aromatic rings. The second-order valence-corrected chi connectivity index (χ2v) is 9.73. The Labute approximate surface area is 174 Å². The molecule has 5 nitrogen and oxygen atoms in total. The van der Waals surface area contributed by atoms with Gasteiger partial charge in [-0.25, -0.2) is 0 Å². The Balaban J connectivity index is 2.03. The van der Waals surface area contributed by atoms with E-state index in [4.69, 9.17) is 4.74 Å². The van der Waals surface area contributed by atoms with Crippen molar-refractivity contribution in [3.05, 3.63) is 59.4 Å². The predicted molar refractivity (Wildman–Crippen MR) is 115 cm³/mol. The molecule has 2 heterocycles. The first-order valence-electron chi connectivity index (χ1n) is 10.3. The van der Waals surface area contributed by atoms with Crippen LogP contribution in [0.25, 0.3) is 0 Å². The van der Waals surface area contributed by atoms with Crippen molar-refractivity contribution in [3.8, 4) is 5.75 Å². The Morgan fingerprint density at radius 2 is 1.72 bits per heavy atom. The molecule has 0 radical (unpaired) electrons. The summed E-state index contributed by atoms with van der Waals surface area (Å²) in [5.74, 6) is 0.973. The van der Waals surface area contributed by atoms with Gasteiger partial charge in [0.15, 0.2) is 0 Å². The van der Waals surface area contributed by atoms with E-state index in [-0.39, 0.29) is 12.0 Å². The Morgan fingerprint density at radius 3 is 2.24 bits per heavy atom. The first-order valence-corrected chi connectivity index (χ1v) is 10.3. The maximum atomic E-state index is 12.2. The van der Waals surface area contributed by atoms with Gasteiger partial charge in [0.1, 0.15) is 18.0 Å². The number of aromatic nitrogens is 1. The van der Waals surface area contributed by atoms with Gasteiger partial charge in [-0.15, -0.1) is 0 Å². The van der Waals surface area contributed by atoms with Crippen molar-refractivity contribution < 1.29 is 14.9 Å². The fraction of sp³-hybridized carbons (Fsp3) is 0.542. The van der Waals surface area contributed by atoms with Gasteiger partial charge < -0.3 is 19.8 Å². The van der Waals surface area contributed by atoms with Crippen LogP contribution in [0.1, 0.15) is 57.2 Å². The smallest absolute Gasteiger partial charge is 0.138 e. The van der Waals surface area contributed by atoms with E-state index in [1.54, 1.807) is 26.2 Å². The number of ether oxygens (including phenoxy) is 1. The Hall–Kier alpha value is -1.95. The molecule has 1 aromatic heterocycles. The standard InChI is InChI=1S/C24H34N2O3/c1-17(2)18-7-9-19(10-8-18)24(28,23(5)14-26(6)15-23)20-11-21(13-25-12-20)29-16-22(3,4)27/h7-13,17,27-28H,14-16H2,1-6H3/t24-/m0/s1. The van der Waals surface area contributed by atoms with Crippen LogP contribution in [-0.4, -0.2) is 52.4 Å². The van der Waals surface area contributed by atoms with Gasteiger partial charge in [-0.3, -0.25) is 4.98 Å². The molecule has 1 aromatic carbocycles. The lowest BCUT2D eigenvalue weighted by molar-refractivity contribution is -0.127. The first kappa shape index (κ1) is 21.8. The molecule has 1 atom stereocenters. The molecular formula is C24H34N2O3. The van der Waals surface area contributed by atoms with E-state index in [1.165, 1.54) is 5.56 Å². The third-order valence-corrected chi connectivity index (χ3v) is 5.83. The summed E-state index contributed by atoms with van der Waals surface area (Å²) in [4.78, 5) is 6.54. The lowest BCUT2D eigenvalue weighted by atomic mass is 9.62. The number of likely N-dealkylation sites (tertiary alicyclic amines) is 1. The second-order valence-electron chi connectivity index (χ2n) is 9.73. The summed E-state index contributed by atoms with van der Waals surface area (Å²) in [6.45, 7) is 11.6. The van der Waals surface area contributed by atoms with Crippen LogP contribution in [0.15, 0.2) is 42.7 Å². The number of pyridine rings is 1. The lowest BCUT2D eigenvalue weighted by Gasteiger charge is -2.55. The van der Waals surface area contributed by atoms with Crippen LogP contribution in [0.2, 0.25) is 0 Å².